The lowest BCUT2D eigenvalue weighted by Crippen LogP contribution is -2.60. The fourth-order valence-electron chi connectivity index (χ4n) is 4.07. The highest BCUT2D eigenvalue weighted by Crippen LogP contribution is 2.25. The molecule has 3 aliphatic heterocycles. The SMILES string of the molecule is CCC1CN2CCCCC2CN1CCN1CCSCC1. The number of rotatable bonds is 4. The Balaban J connectivity index is 1.50. The Morgan fingerprint density at radius 2 is 1.85 bits per heavy atom. The first-order valence-electron chi connectivity index (χ1n) is 8.65. The van der Waals surface area contributed by atoms with E-state index in [1.807, 2.05) is 0 Å². The normalized spacial score (nSPS) is 34.0. The van der Waals surface area contributed by atoms with E-state index in [9.17, 15) is 0 Å². The first-order chi connectivity index (χ1) is 9.86. The van der Waals surface area contributed by atoms with Crippen molar-refractivity contribution >= 4 is 11.8 Å². The van der Waals surface area contributed by atoms with E-state index in [0.29, 0.717) is 0 Å². The van der Waals surface area contributed by atoms with Crippen LogP contribution in [-0.2, 0) is 0 Å². The molecule has 0 aromatic rings. The first kappa shape index (κ1) is 15.1. The second kappa shape index (κ2) is 7.48. The van der Waals surface area contributed by atoms with Crippen LogP contribution in [-0.4, -0.2) is 84.1 Å². The van der Waals surface area contributed by atoms with E-state index in [4.69, 9.17) is 0 Å². The molecule has 0 bridgehead atoms. The second-order valence-corrected chi connectivity index (χ2v) is 7.88. The minimum absolute atomic E-state index is 0.809. The van der Waals surface area contributed by atoms with Crippen molar-refractivity contribution in [1.82, 2.24) is 14.7 Å². The molecule has 0 radical (unpaired) electrons. The number of hydrogen-bond donors (Lipinski definition) is 0. The Labute approximate surface area is 129 Å². The molecule has 3 aliphatic rings. The van der Waals surface area contributed by atoms with Crippen molar-refractivity contribution < 1.29 is 0 Å². The monoisotopic (exact) mass is 297 g/mol. The zero-order chi connectivity index (χ0) is 13.8. The van der Waals surface area contributed by atoms with Crippen LogP contribution in [0.15, 0.2) is 0 Å². The van der Waals surface area contributed by atoms with Crippen LogP contribution in [0.1, 0.15) is 32.6 Å². The third kappa shape index (κ3) is 3.70. The van der Waals surface area contributed by atoms with Crippen LogP contribution >= 0.6 is 11.8 Å². The summed E-state index contributed by atoms with van der Waals surface area (Å²) in [6.45, 7) is 11.6. The smallest absolute Gasteiger partial charge is 0.0223 e. The summed E-state index contributed by atoms with van der Waals surface area (Å²) in [7, 11) is 0. The summed E-state index contributed by atoms with van der Waals surface area (Å²) in [6, 6.07) is 1.67. The van der Waals surface area contributed by atoms with E-state index in [1.165, 1.54) is 83.0 Å². The van der Waals surface area contributed by atoms with Gasteiger partial charge in [0.25, 0.3) is 0 Å². The van der Waals surface area contributed by atoms with Crippen LogP contribution in [0, 0.1) is 0 Å². The number of piperazine rings is 1. The first-order valence-corrected chi connectivity index (χ1v) is 9.80. The van der Waals surface area contributed by atoms with Crippen molar-refractivity contribution in [3.8, 4) is 0 Å². The number of thioether (sulfide) groups is 1. The molecule has 116 valence electrons. The van der Waals surface area contributed by atoms with E-state index in [1.54, 1.807) is 0 Å². The zero-order valence-corrected chi connectivity index (χ0v) is 13.9. The minimum Gasteiger partial charge on any atom is -0.300 e. The Morgan fingerprint density at radius 1 is 1.00 bits per heavy atom. The Kier molecular flexibility index (Phi) is 5.66. The molecule has 3 saturated heterocycles. The summed E-state index contributed by atoms with van der Waals surface area (Å²) >= 11 is 2.12. The third-order valence-corrected chi connectivity index (χ3v) is 6.38. The predicted octanol–water partition coefficient (Wildman–Crippen LogP) is 1.98. The molecule has 3 rings (SSSR count). The number of hydrogen-bond acceptors (Lipinski definition) is 4. The van der Waals surface area contributed by atoms with E-state index in [-0.39, 0.29) is 0 Å². The van der Waals surface area contributed by atoms with E-state index in [2.05, 4.69) is 33.4 Å². The van der Waals surface area contributed by atoms with Crippen molar-refractivity contribution in [2.45, 2.75) is 44.7 Å². The molecule has 2 atom stereocenters. The minimum atomic E-state index is 0.809. The van der Waals surface area contributed by atoms with Crippen LogP contribution in [0.4, 0.5) is 0 Å². The summed E-state index contributed by atoms with van der Waals surface area (Å²) in [5.74, 6) is 2.68. The van der Waals surface area contributed by atoms with Crippen molar-refractivity contribution in [1.29, 1.82) is 0 Å². The van der Waals surface area contributed by atoms with Gasteiger partial charge in [0.1, 0.15) is 0 Å². The fourth-order valence-corrected chi connectivity index (χ4v) is 5.05. The number of fused-ring (bicyclic) bond motifs is 1. The average molecular weight is 298 g/mol. The quantitative estimate of drug-likeness (QED) is 0.784. The van der Waals surface area contributed by atoms with Crippen molar-refractivity contribution in [3.63, 3.8) is 0 Å². The molecule has 3 fully saturated rings. The molecule has 0 spiro atoms. The molecule has 3 heterocycles. The van der Waals surface area contributed by atoms with Gasteiger partial charge in [0.2, 0.25) is 0 Å². The van der Waals surface area contributed by atoms with E-state index in [0.717, 1.165) is 12.1 Å². The van der Waals surface area contributed by atoms with Crippen LogP contribution in [0.5, 0.6) is 0 Å². The van der Waals surface area contributed by atoms with Gasteiger partial charge in [0.15, 0.2) is 0 Å². The molecule has 2 unspecified atom stereocenters. The van der Waals surface area contributed by atoms with Gasteiger partial charge in [-0.1, -0.05) is 13.3 Å². The molecule has 0 saturated carbocycles. The van der Waals surface area contributed by atoms with E-state index >= 15 is 0 Å². The summed E-state index contributed by atoms with van der Waals surface area (Å²) in [6.07, 6.45) is 5.64. The Bertz CT molecular complexity index is 293. The van der Waals surface area contributed by atoms with Crippen molar-refractivity contribution in [2.24, 2.45) is 0 Å². The number of piperidine rings is 1. The molecule has 3 nitrogen and oxygen atoms in total. The van der Waals surface area contributed by atoms with E-state index < -0.39 is 0 Å². The molecule has 0 aromatic heterocycles. The highest BCUT2D eigenvalue weighted by molar-refractivity contribution is 7.99. The molecular formula is C16H31N3S. The van der Waals surface area contributed by atoms with Crippen LogP contribution in [0.25, 0.3) is 0 Å². The van der Waals surface area contributed by atoms with Gasteiger partial charge in [0.05, 0.1) is 0 Å². The average Bonchev–Trinajstić information content (AvgIpc) is 2.53. The summed E-state index contributed by atoms with van der Waals surface area (Å²) in [5, 5.41) is 0. The van der Waals surface area contributed by atoms with Gasteiger partial charge in [-0.25, -0.2) is 0 Å². The maximum atomic E-state index is 2.81. The van der Waals surface area contributed by atoms with Crippen LogP contribution < -0.4 is 0 Å². The van der Waals surface area contributed by atoms with Gasteiger partial charge in [-0.2, -0.15) is 11.8 Å². The van der Waals surface area contributed by atoms with Gasteiger partial charge in [0, 0.05) is 62.9 Å². The number of nitrogens with zero attached hydrogens (tertiary/aromatic N) is 3. The van der Waals surface area contributed by atoms with Crippen LogP contribution in [0.3, 0.4) is 0 Å². The maximum absolute atomic E-state index is 2.81. The lowest BCUT2D eigenvalue weighted by molar-refractivity contribution is 0.00384. The van der Waals surface area contributed by atoms with Gasteiger partial charge in [-0.15, -0.1) is 0 Å². The molecule has 4 heteroatoms. The maximum Gasteiger partial charge on any atom is 0.0223 e. The molecule has 0 aliphatic carbocycles. The standard InChI is InChI=1S/C16H31N3S/c1-2-15-13-18-6-4-3-5-16(18)14-19(15)8-7-17-9-11-20-12-10-17/h15-16H,2-14H2,1H3. The Morgan fingerprint density at radius 3 is 2.65 bits per heavy atom. The molecular weight excluding hydrogens is 266 g/mol. The highest BCUT2D eigenvalue weighted by atomic mass is 32.2. The van der Waals surface area contributed by atoms with Crippen molar-refractivity contribution in [3.05, 3.63) is 0 Å². The topological polar surface area (TPSA) is 9.72 Å². The second-order valence-electron chi connectivity index (χ2n) is 6.66. The third-order valence-electron chi connectivity index (χ3n) is 5.43. The van der Waals surface area contributed by atoms with Gasteiger partial charge in [-0.3, -0.25) is 9.80 Å². The zero-order valence-electron chi connectivity index (χ0n) is 13.1. The molecule has 0 amide bonds. The summed E-state index contributed by atoms with van der Waals surface area (Å²) in [5.41, 5.74) is 0. The van der Waals surface area contributed by atoms with Gasteiger partial charge < -0.3 is 4.90 Å². The lowest BCUT2D eigenvalue weighted by atomic mass is 9.96. The predicted molar refractivity (Wildman–Crippen MR) is 88.6 cm³/mol. The Hall–Kier alpha value is 0.230. The van der Waals surface area contributed by atoms with Crippen LogP contribution in [0.2, 0.25) is 0 Å². The molecule has 20 heavy (non-hydrogen) atoms. The van der Waals surface area contributed by atoms with Crippen molar-refractivity contribution in [2.75, 3.05) is 57.3 Å². The molecule has 0 aromatic carbocycles. The van der Waals surface area contributed by atoms with Gasteiger partial charge >= 0.3 is 0 Å². The lowest BCUT2D eigenvalue weighted by Gasteiger charge is -2.48. The summed E-state index contributed by atoms with van der Waals surface area (Å²) < 4.78 is 0. The summed E-state index contributed by atoms with van der Waals surface area (Å²) in [4.78, 5) is 8.27. The van der Waals surface area contributed by atoms with Gasteiger partial charge in [-0.05, 0) is 25.8 Å². The largest absolute Gasteiger partial charge is 0.300 e. The fraction of sp³-hybridized carbons (Fsp3) is 1.00. The molecule has 0 N–H and O–H groups in total. The highest BCUT2D eigenvalue weighted by Gasteiger charge is 2.33.